The van der Waals surface area contributed by atoms with E-state index < -0.39 is 0 Å². The van der Waals surface area contributed by atoms with E-state index in [1.165, 1.54) is 38.0 Å². The fraction of sp³-hybridized carbons (Fsp3) is 0.643. The number of nitrogens with zero attached hydrogens (tertiary/aromatic N) is 2. The molecule has 0 N–H and O–H groups in total. The minimum atomic E-state index is 0.516. The molecule has 1 aromatic rings. The van der Waals surface area contributed by atoms with Crippen molar-refractivity contribution in [1.29, 1.82) is 0 Å². The molecule has 3 heteroatoms. The first-order chi connectivity index (χ1) is 8.05. The average Bonchev–Trinajstić information content (AvgIpc) is 2.44. The molecule has 17 heavy (non-hydrogen) atoms. The van der Waals surface area contributed by atoms with E-state index in [1.54, 1.807) is 0 Å². The van der Waals surface area contributed by atoms with E-state index in [2.05, 4.69) is 51.8 Å². The van der Waals surface area contributed by atoms with E-state index in [9.17, 15) is 0 Å². The SMILES string of the molecule is CC1(C)CCCN(Cc2ccc(Br)cn2)CC1. The smallest absolute Gasteiger partial charge is 0.0544 e. The zero-order valence-corrected chi connectivity index (χ0v) is 12.3. The molecule has 2 nitrogen and oxygen atoms in total. The van der Waals surface area contributed by atoms with Gasteiger partial charge in [0.1, 0.15) is 0 Å². The Morgan fingerprint density at radius 3 is 2.82 bits per heavy atom. The highest BCUT2D eigenvalue weighted by atomic mass is 79.9. The quantitative estimate of drug-likeness (QED) is 0.824. The number of hydrogen-bond acceptors (Lipinski definition) is 2. The Morgan fingerprint density at radius 1 is 1.29 bits per heavy atom. The first kappa shape index (κ1) is 13.0. The van der Waals surface area contributed by atoms with Gasteiger partial charge in [-0.25, -0.2) is 0 Å². The van der Waals surface area contributed by atoms with Gasteiger partial charge in [0.25, 0.3) is 0 Å². The number of pyridine rings is 1. The van der Waals surface area contributed by atoms with Gasteiger partial charge in [-0.05, 0) is 65.8 Å². The van der Waals surface area contributed by atoms with Gasteiger partial charge >= 0.3 is 0 Å². The predicted octanol–water partition coefficient (Wildman–Crippen LogP) is 3.86. The van der Waals surface area contributed by atoms with E-state index in [0.29, 0.717) is 5.41 Å². The topological polar surface area (TPSA) is 16.1 Å². The van der Waals surface area contributed by atoms with E-state index in [4.69, 9.17) is 0 Å². The molecule has 1 aliphatic rings. The molecule has 0 bridgehead atoms. The average molecular weight is 297 g/mol. The molecule has 94 valence electrons. The van der Waals surface area contributed by atoms with Gasteiger partial charge in [0.05, 0.1) is 5.69 Å². The van der Waals surface area contributed by atoms with Gasteiger partial charge < -0.3 is 0 Å². The van der Waals surface area contributed by atoms with E-state index in [0.717, 1.165) is 11.0 Å². The maximum atomic E-state index is 4.45. The van der Waals surface area contributed by atoms with Crippen LogP contribution in [0.15, 0.2) is 22.8 Å². The van der Waals surface area contributed by atoms with Crippen molar-refractivity contribution in [3.8, 4) is 0 Å². The summed E-state index contributed by atoms with van der Waals surface area (Å²) in [5, 5.41) is 0. The molecule has 0 spiro atoms. The summed E-state index contributed by atoms with van der Waals surface area (Å²) in [6, 6.07) is 4.18. The Morgan fingerprint density at radius 2 is 2.12 bits per heavy atom. The Labute approximate surface area is 113 Å². The van der Waals surface area contributed by atoms with Crippen LogP contribution in [-0.4, -0.2) is 23.0 Å². The van der Waals surface area contributed by atoms with Crippen molar-refractivity contribution in [3.05, 3.63) is 28.5 Å². The van der Waals surface area contributed by atoms with Crippen LogP contribution >= 0.6 is 15.9 Å². The van der Waals surface area contributed by atoms with Crippen LogP contribution in [0.25, 0.3) is 0 Å². The largest absolute Gasteiger partial charge is 0.297 e. The minimum Gasteiger partial charge on any atom is -0.297 e. The molecular weight excluding hydrogens is 276 g/mol. The number of halogens is 1. The summed E-state index contributed by atoms with van der Waals surface area (Å²) in [7, 11) is 0. The lowest BCUT2D eigenvalue weighted by atomic mass is 9.85. The molecule has 0 atom stereocenters. The fourth-order valence-corrected chi connectivity index (χ4v) is 2.60. The van der Waals surface area contributed by atoms with Crippen LogP contribution in [0.5, 0.6) is 0 Å². The highest BCUT2D eigenvalue weighted by Crippen LogP contribution is 2.30. The van der Waals surface area contributed by atoms with Gasteiger partial charge in [-0.3, -0.25) is 9.88 Å². The van der Waals surface area contributed by atoms with Crippen molar-refractivity contribution >= 4 is 15.9 Å². The zero-order chi connectivity index (χ0) is 12.3. The lowest BCUT2D eigenvalue weighted by Crippen LogP contribution is -2.25. The molecule has 1 aliphatic heterocycles. The third-order valence-corrected chi connectivity index (χ3v) is 4.08. The third-order valence-electron chi connectivity index (χ3n) is 3.61. The monoisotopic (exact) mass is 296 g/mol. The molecule has 0 aromatic carbocycles. The number of likely N-dealkylation sites (tertiary alicyclic amines) is 1. The molecule has 0 aliphatic carbocycles. The summed E-state index contributed by atoms with van der Waals surface area (Å²) >= 11 is 3.42. The van der Waals surface area contributed by atoms with Gasteiger partial charge in [-0.1, -0.05) is 13.8 Å². The highest BCUT2D eigenvalue weighted by Gasteiger charge is 2.22. The molecule has 1 fully saturated rings. The van der Waals surface area contributed by atoms with Gasteiger partial charge in [0.15, 0.2) is 0 Å². The normalized spacial score (nSPS) is 21.1. The van der Waals surface area contributed by atoms with Crippen LogP contribution in [0, 0.1) is 5.41 Å². The molecule has 0 amide bonds. The van der Waals surface area contributed by atoms with E-state index in [1.807, 2.05) is 6.20 Å². The highest BCUT2D eigenvalue weighted by molar-refractivity contribution is 9.10. The van der Waals surface area contributed by atoms with Crippen molar-refractivity contribution < 1.29 is 0 Å². The number of hydrogen-bond donors (Lipinski definition) is 0. The van der Waals surface area contributed by atoms with Crippen LogP contribution in [0.1, 0.15) is 38.8 Å². The lowest BCUT2D eigenvalue weighted by molar-refractivity contribution is 0.253. The van der Waals surface area contributed by atoms with E-state index >= 15 is 0 Å². The summed E-state index contributed by atoms with van der Waals surface area (Å²) in [6.45, 7) is 8.16. The molecule has 1 saturated heterocycles. The lowest BCUT2D eigenvalue weighted by Gasteiger charge is -2.23. The van der Waals surface area contributed by atoms with Gasteiger partial charge in [0.2, 0.25) is 0 Å². The van der Waals surface area contributed by atoms with Crippen LogP contribution in [-0.2, 0) is 6.54 Å². The Kier molecular flexibility index (Phi) is 4.21. The molecule has 0 unspecified atom stereocenters. The minimum absolute atomic E-state index is 0.516. The summed E-state index contributed by atoms with van der Waals surface area (Å²) in [6.07, 6.45) is 5.83. The van der Waals surface area contributed by atoms with Crippen LogP contribution in [0.2, 0.25) is 0 Å². The maximum Gasteiger partial charge on any atom is 0.0544 e. The second-order valence-corrected chi connectivity index (χ2v) is 6.68. The number of aromatic nitrogens is 1. The molecule has 2 rings (SSSR count). The molecule has 1 aromatic heterocycles. The molecular formula is C14H21BrN2. The zero-order valence-electron chi connectivity index (χ0n) is 10.7. The maximum absolute atomic E-state index is 4.45. The van der Waals surface area contributed by atoms with Gasteiger partial charge in [-0.2, -0.15) is 0 Å². The standard InChI is InChI=1S/C14H21BrN2/c1-14(2)6-3-8-17(9-7-14)11-13-5-4-12(15)10-16-13/h4-5,10H,3,6-9,11H2,1-2H3. The molecule has 0 radical (unpaired) electrons. The second kappa shape index (κ2) is 5.49. The van der Waals surface area contributed by atoms with Crippen molar-refractivity contribution in [3.63, 3.8) is 0 Å². The van der Waals surface area contributed by atoms with Crippen molar-refractivity contribution in [2.45, 2.75) is 39.7 Å². The van der Waals surface area contributed by atoms with Crippen LogP contribution < -0.4 is 0 Å². The fourth-order valence-electron chi connectivity index (χ4n) is 2.37. The predicted molar refractivity (Wildman–Crippen MR) is 74.8 cm³/mol. The summed E-state index contributed by atoms with van der Waals surface area (Å²) in [5.41, 5.74) is 1.69. The van der Waals surface area contributed by atoms with Crippen molar-refractivity contribution in [2.75, 3.05) is 13.1 Å². The van der Waals surface area contributed by atoms with Crippen molar-refractivity contribution in [2.24, 2.45) is 5.41 Å². The Bertz CT molecular complexity index is 359. The number of rotatable bonds is 2. The third kappa shape index (κ3) is 4.07. The summed E-state index contributed by atoms with van der Waals surface area (Å²) < 4.78 is 1.05. The Hall–Kier alpha value is -0.410. The summed E-state index contributed by atoms with van der Waals surface area (Å²) in [4.78, 5) is 6.98. The summed E-state index contributed by atoms with van der Waals surface area (Å²) in [5.74, 6) is 0. The first-order valence-corrected chi connectivity index (χ1v) is 7.17. The first-order valence-electron chi connectivity index (χ1n) is 6.38. The van der Waals surface area contributed by atoms with Gasteiger partial charge in [0, 0.05) is 17.2 Å². The van der Waals surface area contributed by atoms with E-state index in [-0.39, 0.29) is 0 Å². The van der Waals surface area contributed by atoms with Crippen LogP contribution in [0.3, 0.4) is 0 Å². The van der Waals surface area contributed by atoms with Crippen molar-refractivity contribution in [1.82, 2.24) is 9.88 Å². The molecule has 0 saturated carbocycles. The van der Waals surface area contributed by atoms with Crippen LogP contribution in [0.4, 0.5) is 0 Å². The molecule has 2 heterocycles. The van der Waals surface area contributed by atoms with Gasteiger partial charge in [-0.15, -0.1) is 0 Å². The second-order valence-electron chi connectivity index (χ2n) is 5.76. The Balaban J connectivity index is 1.93.